The van der Waals surface area contributed by atoms with Gasteiger partial charge in [0.25, 0.3) is 5.91 Å². The van der Waals surface area contributed by atoms with Crippen LogP contribution < -0.4 is 5.32 Å². The molecule has 2 N–H and O–H groups in total. The summed E-state index contributed by atoms with van der Waals surface area (Å²) >= 11 is 6.11. The smallest absolute Gasteiger partial charge is 0.291 e. The van der Waals surface area contributed by atoms with Crippen LogP contribution in [0.2, 0.25) is 5.02 Å². The number of hydrogen-bond acceptors (Lipinski definition) is 4. The molecule has 0 aliphatic heterocycles. The molecule has 0 fully saturated rings. The zero-order valence-electron chi connectivity index (χ0n) is 13.9. The Morgan fingerprint density at radius 2 is 2.00 bits per heavy atom. The minimum Gasteiger partial charge on any atom is -0.395 e. The van der Waals surface area contributed by atoms with Crippen LogP contribution in [0.1, 0.15) is 16.2 Å². The minimum atomic E-state index is -0.513. The van der Waals surface area contributed by atoms with Crippen LogP contribution in [0.25, 0.3) is 17.1 Å². The van der Waals surface area contributed by atoms with E-state index >= 15 is 0 Å². The fourth-order valence-corrected chi connectivity index (χ4v) is 2.59. The average molecular weight is 375 g/mol. The fourth-order valence-electron chi connectivity index (χ4n) is 2.42. The van der Waals surface area contributed by atoms with Crippen LogP contribution in [-0.4, -0.2) is 38.9 Å². The van der Waals surface area contributed by atoms with Gasteiger partial charge in [-0.05, 0) is 48.9 Å². The van der Waals surface area contributed by atoms with Gasteiger partial charge in [0, 0.05) is 17.1 Å². The van der Waals surface area contributed by atoms with Crippen LogP contribution in [0, 0.1) is 12.7 Å². The molecule has 0 saturated carbocycles. The summed E-state index contributed by atoms with van der Waals surface area (Å²) in [7, 11) is 0. The minimum absolute atomic E-state index is 0.0582. The first kappa shape index (κ1) is 18.0. The first-order valence-electron chi connectivity index (χ1n) is 7.88. The standard InChI is InChI=1S/C18H16ClFN4O2/c1-11-2-5-13(19)10-15(11)24-17(12-3-6-14(20)7-4-12)22-16(23-24)18(26)21-8-9-25/h2-7,10,25H,8-9H2,1H3,(H,21,26). The lowest BCUT2D eigenvalue weighted by Crippen LogP contribution is -2.27. The molecule has 134 valence electrons. The lowest BCUT2D eigenvalue weighted by molar-refractivity contribution is 0.0934. The second-order valence-electron chi connectivity index (χ2n) is 5.59. The normalized spacial score (nSPS) is 10.8. The van der Waals surface area contributed by atoms with Gasteiger partial charge in [-0.1, -0.05) is 17.7 Å². The van der Waals surface area contributed by atoms with Gasteiger partial charge in [0.2, 0.25) is 5.82 Å². The maximum atomic E-state index is 13.3. The van der Waals surface area contributed by atoms with Gasteiger partial charge in [-0.15, -0.1) is 5.10 Å². The number of carbonyl (C=O) groups is 1. The van der Waals surface area contributed by atoms with Crippen molar-refractivity contribution in [1.29, 1.82) is 0 Å². The highest BCUT2D eigenvalue weighted by Crippen LogP contribution is 2.25. The van der Waals surface area contributed by atoms with E-state index in [1.807, 2.05) is 13.0 Å². The zero-order valence-corrected chi connectivity index (χ0v) is 14.7. The molecule has 6 nitrogen and oxygen atoms in total. The second-order valence-corrected chi connectivity index (χ2v) is 6.02. The van der Waals surface area contributed by atoms with E-state index in [0.717, 1.165) is 5.56 Å². The lowest BCUT2D eigenvalue weighted by atomic mass is 10.1. The summed E-state index contributed by atoms with van der Waals surface area (Å²) in [5, 5.41) is 16.2. The molecule has 0 unspecified atom stereocenters. The first-order valence-corrected chi connectivity index (χ1v) is 8.26. The van der Waals surface area contributed by atoms with Crippen molar-refractivity contribution >= 4 is 17.5 Å². The van der Waals surface area contributed by atoms with Gasteiger partial charge in [0.05, 0.1) is 12.3 Å². The van der Waals surface area contributed by atoms with E-state index in [4.69, 9.17) is 16.7 Å². The number of hydrogen-bond donors (Lipinski definition) is 2. The number of nitrogens with zero attached hydrogens (tertiary/aromatic N) is 3. The van der Waals surface area contributed by atoms with E-state index in [-0.39, 0.29) is 24.8 Å². The molecule has 1 amide bonds. The molecular formula is C18H16ClFN4O2. The Hall–Kier alpha value is -2.77. The Labute approximate surface area is 154 Å². The topological polar surface area (TPSA) is 80.0 Å². The van der Waals surface area contributed by atoms with Crippen molar-refractivity contribution in [2.75, 3.05) is 13.2 Å². The molecule has 1 heterocycles. The number of carbonyl (C=O) groups excluding carboxylic acids is 1. The Morgan fingerprint density at radius 1 is 1.27 bits per heavy atom. The molecule has 0 radical (unpaired) electrons. The van der Waals surface area contributed by atoms with E-state index in [1.165, 1.54) is 16.8 Å². The second kappa shape index (κ2) is 7.63. The number of aromatic nitrogens is 3. The molecule has 0 atom stereocenters. The predicted octanol–water partition coefficient (Wildman–Crippen LogP) is 2.76. The molecular weight excluding hydrogens is 359 g/mol. The molecule has 0 aliphatic carbocycles. The van der Waals surface area contributed by atoms with Gasteiger partial charge in [-0.3, -0.25) is 4.79 Å². The third-order valence-electron chi connectivity index (χ3n) is 3.71. The van der Waals surface area contributed by atoms with Crippen molar-refractivity contribution in [2.24, 2.45) is 0 Å². The van der Waals surface area contributed by atoms with Gasteiger partial charge < -0.3 is 10.4 Å². The Kier molecular flexibility index (Phi) is 5.29. The van der Waals surface area contributed by atoms with Gasteiger partial charge in [-0.2, -0.15) is 0 Å². The molecule has 0 aliphatic rings. The average Bonchev–Trinajstić information content (AvgIpc) is 3.07. The fraction of sp³-hybridized carbons (Fsp3) is 0.167. The summed E-state index contributed by atoms with van der Waals surface area (Å²) < 4.78 is 14.8. The molecule has 2 aromatic carbocycles. The number of aliphatic hydroxyl groups is 1. The van der Waals surface area contributed by atoms with Crippen LogP contribution in [0.4, 0.5) is 4.39 Å². The molecule has 0 saturated heterocycles. The van der Waals surface area contributed by atoms with Crippen molar-refractivity contribution < 1.29 is 14.3 Å². The summed E-state index contributed by atoms with van der Waals surface area (Å²) in [6.45, 7) is 1.79. The molecule has 0 bridgehead atoms. The highest BCUT2D eigenvalue weighted by molar-refractivity contribution is 6.30. The highest BCUT2D eigenvalue weighted by Gasteiger charge is 2.19. The van der Waals surface area contributed by atoms with Crippen molar-refractivity contribution in [3.63, 3.8) is 0 Å². The molecule has 3 aromatic rings. The highest BCUT2D eigenvalue weighted by atomic mass is 35.5. The largest absolute Gasteiger partial charge is 0.395 e. The maximum absolute atomic E-state index is 13.3. The quantitative estimate of drug-likeness (QED) is 0.719. The molecule has 0 spiro atoms. The van der Waals surface area contributed by atoms with Crippen LogP contribution in [0.3, 0.4) is 0 Å². The van der Waals surface area contributed by atoms with Crippen molar-refractivity contribution in [3.05, 3.63) is 64.7 Å². The van der Waals surface area contributed by atoms with E-state index in [2.05, 4.69) is 15.4 Å². The molecule has 8 heteroatoms. The molecule has 26 heavy (non-hydrogen) atoms. The lowest BCUT2D eigenvalue weighted by Gasteiger charge is -2.09. The Balaban J connectivity index is 2.14. The van der Waals surface area contributed by atoms with Crippen molar-refractivity contribution in [3.8, 4) is 17.1 Å². The summed E-state index contributed by atoms with van der Waals surface area (Å²) in [6, 6.07) is 11.0. The van der Waals surface area contributed by atoms with Crippen LogP contribution >= 0.6 is 11.6 Å². The van der Waals surface area contributed by atoms with Gasteiger partial charge in [-0.25, -0.2) is 14.1 Å². The van der Waals surface area contributed by atoms with E-state index < -0.39 is 5.91 Å². The van der Waals surface area contributed by atoms with Crippen molar-refractivity contribution in [2.45, 2.75) is 6.92 Å². The summed E-state index contributed by atoms with van der Waals surface area (Å²) in [5.74, 6) is -0.567. The monoisotopic (exact) mass is 374 g/mol. The number of benzene rings is 2. The number of amides is 1. The van der Waals surface area contributed by atoms with Crippen LogP contribution in [0.15, 0.2) is 42.5 Å². The van der Waals surface area contributed by atoms with Crippen LogP contribution in [0.5, 0.6) is 0 Å². The van der Waals surface area contributed by atoms with Crippen LogP contribution in [-0.2, 0) is 0 Å². The number of rotatable bonds is 5. The number of halogens is 2. The van der Waals surface area contributed by atoms with Crippen molar-refractivity contribution in [1.82, 2.24) is 20.1 Å². The third kappa shape index (κ3) is 3.74. The van der Waals surface area contributed by atoms with Gasteiger partial charge in [0.15, 0.2) is 5.82 Å². The Morgan fingerprint density at radius 3 is 2.69 bits per heavy atom. The Bertz CT molecular complexity index is 941. The number of aryl methyl sites for hydroxylation is 1. The summed E-state index contributed by atoms with van der Waals surface area (Å²) in [5.41, 5.74) is 2.13. The molecule has 3 rings (SSSR count). The maximum Gasteiger partial charge on any atom is 0.291 e. The van der Waals surface area contributed by atoms with E-state index in [1.54, 1.807) is 24.3 Å². The van der Waals surface area contributed by atoms with E-state index in [0.29, 0.717) is 22.1 Å². The number of aliphatic hydroxyl groups excluding tert-OH is 1. The van der Waals surface area contributed by atoms with Gasteiger partial charge >= 0.3 is 0 Å². The number of nitrogens with one attached hydrogen (secondary N) is 1. The van der Waals surface area contributed by atoms with Gasteiger partial charge in [0.1, 0.15) is 5.82 Å². The summed E-state index contributed by atoms with van der Waals surface area (Å²) in [4.78, 5) is 16.5. The predicted molar refractivity (Wildman–Crippen MR) is 95.9 cm³/mol. The SMILES string of the molecule is Cc1ccc(Cl)cc1-n1nc(C(=O)NCCO)nc1-c1ccc(F)cc1. The molecule has 1 aromatic heterocycles. The van der Waals surface area contributed by atoms with E-state index in [9.17, 15) is 9.18 Å². The third-order valence-corrected chi connectivity index (χ3v) is 3.94. The first-order chi connectivity index (χ1) is 12.5. The summed E-state index contributed by atoms with van der Waals surface area (Å²) in [6.07, 6.45) is 0. The zero-order chi connectivity index (χ0) is 18.7.